The van der Waals surface area contributed by atoms with Gasteiger partial charge in [-0.1, -0.05) is 0 Å². The van der Waals surface area contributed by atoms with Gasteiger partial charge in [-0.25, -0.2) is 8.78 Å². The highest BCUT2D eigenvalue weighted by Crippen LogP contribution is 2.21. The number of hydrogen-bond acceptors (Lipinski definition) is 2. The Kier molecular flexibility index (Phi) is 4.72. The van der Waals surface area contributed by atoms with Crippen LogP contribution >= 0.6 is 22.6 Å². The molecule has 1 amide bonds. The molecule has 0 unspecified atom stereocenters. The van der Waals surface area contributed by atoms with Crippen LogP contribution in [-0.2, 0) is 0 Å². The largest absolute Gasteiger partial charge is 0.339 e. The van der Waals surface area contributed by atoms with E-state index in [0.717, 1.165) is 18.9 Å². The van der Waals surface area contributed by atoms with Crippen LogP contribution in [0.2, 0.25) is 0 Å². The van der Waals surface area contributed by atoms with Crippen molar-refractivity contribution in [1.82, 2.24) is 4.90 Å². The number of amides is 1. The lowest BCUT2D eigenvalue weighted by Crippen LogP contribution is -2.40. The van der Waals surface area contributed by atoms with Gasteiger partial charge in [-0.3, -0.25) is 4.79 Å². The van der Waals surface area contributed by atoms with Gasteiger partial charge in [-0.2, -0.15) is 0 Å². The second-order valence-corrected chi connectivity index (χ2v) is 5.88. The lowest BCUT2D eigenvalue weighted by molar-refractivity contribution is 0.0688. The maximum Gasteiger partial charge on any atom is 0.256 e. The van der Waals surface area contributed by atoms with Crippen LogP contribution in [0, 0.1) is 21.1 Å². The van der Waals surface area contributed by atoms with Gasteiger partial charge in [-0.05, 0) is 54.0 Å². The summed E-state index contributed by atoms with van der Waals surface area (Å²) in [6, 6.07) is 2.03. The molecule has 0 atom stereocenters. The molecule has 0 spiro atoms. The van der Waals surface area contributed by atoms with E-state index in [1.807, 2.05) is 0 Å². The predicted octanol–water partition coefficient (Wildman–Crippen LogP) is 2.38. The van der Waals surface area contributed by atoms with Gasteiger partial charge >= 0.3 is 0 Å². The van der Waals surface area contributed by atoms with E-state index in [1.54, 1.807) is 27.5 Å². The minimum absolute atomic E-state index is 0.0583. The van der Waals surface area contributed by atoms with Gasteiger partial charge in [0.15, 0.2) is 0 Å². The molecule has 1 saturated heterocycles. The zero-order valence-corrected chi connectivity index (χ0v) is 12.5. The summed E-state index contributed by atoms with van der Waals surface area (Å²) in [5.41, 5.74) is 5.53. The molecule has 1 heterocycles. The molecule has 0 aromatic heterocycles. The zero-order chi connectivity index (χ0) is 14.0. The lowest BCUT2D eigenvalue weighted by atomic mass is 9.96. The van der Waals surface area contributed by atoms with Gasteiger partial charge in [0.25, 0.3) is 5.91 Å². The highest BCUT2D eigenvalue weighted by atomic mass is 127. The second kappa shape index (κ2) is 6.13. The van der Waals surface area contributed by atoms with Crippen molar-refractivity contribution in [3.8, 4) is 0 Å². The Hall–Kier alpha value is -0.760. The number of piperidine rings is 1. The molecule has 1 aliphatic rings. The van der Waals surface area contributed by atoms with Crippen LogP contribution in [0.3, 0.4) is 0 Å². The van der Waals surface area contributed by atoms with E-state index in [2.05, 4.69) is 0 Å². The molecule has 3 nitrogen and oxygen atoms in total. The first kappa shape index (κ1) is 14.6. The Labute approximate surface area is 124 Å². The molecule has 0 bridgehead atoms. The number of carbonyl (C=O) groups excluding carboxylic acids is 1. The lowest BCUT2D eigenvalue weighted by Gasteiger charge is -2.31. The van der Waals surface area contributed by atoms with Gasteiger partial charge < -0.3 is 10.6 Å². The molecular formula is C13H15F2IN2O. The Balaban J connectivity index is 2.14. The SMILES string of the molecule is NCC1CCN(C(=O)c2cc(I)c(F)cc2F)CC1. The zero-order valence-electron chi connectivity index (χ0n) is 10.3. The number of rotatable bonds is 2. The van der Waals surface area contributed by atoms with E-state index in [0.29, 0.717) is 25.6 Å². The van der Waals surface area contributed by atoms with Crippen LogP contribution in [0.15, 0.2) is 12.1 Å². The Morgan fingerprint density at radius 3 is 2.53 bits per heavy atom. The summed E-state index contributed by atoms with van der Waals surface area (Å²) in [5.74, 6) is -1.38. The molecule has 0 aliphatic carbocycles. The fourth-order valence-corrected chi connectivity index (χ4v) is 2.70. The van der Waals surface area contributed by atoms with Crippen molar-refractivity contribution in [3.05, 3.63) is 32.9 Å². The van der Waals surface area contributed by atoms with Crippen molar-refractivity contribution in [1.29, 1.82) is 0 Å². The average Bonchev–Trinajstić information content (AvgIpc) is 2.42. The van der Waals surface area contributed by atoms with Crippen LogP contribution in [0.25, 0.3) is 0 Å². The van der Waals surface area contributed by atoms with Crippen LogP contribution in [0.5, 0.6) is 0 Å². The fourth-order valence-electron chi connectivity index (χ4n) is 2.23. The van der Waals surface area contributed by atoms with Crippen molar-refractivity contribution >= 4 is 28.5 Å². The third kappa shape index (κ3) is 3.22. The van der Waals surface area contributed by atoms with Crippen molar-refractivity contribution in [2.45, 2.75) is 12.8 Å². The van der Waals surface area contributed by atoms with Gasteiger partial charge in [-0.15, -0.1) is 0 Å². The minimum atomic E-state index is -0.802. The molecule has 1 aliphatic heterocycles. The fraction of sp³-hybridized carbons (Fsp3) is 0.462. The molecule has 0 radical (unpaired) electrons. The summed E-state index contributed by atoms with van der Waals surface area (Å²) in [4.78, 5) is 13.8. The molecule has 0 saturated carbocycles. The molecule has 1 aromatic carbocycles. The predicted molar refractivity (Wildman–Crippen MR) is 76.8 cm³/mol. The van der Waals surface area contributed by atoms with Gasteiger partial charge in [0.2, 0.25) is 0 Å². The maximum absolute atomic E-state index is 13.7. The van der Waals surface area contributed by atoms with Crippen molar-refractivity contribution in [2.75, 3.05) is 19.6 Å². The van der Waals surface area contributed by atoms with Crippen LogP contribution in [0.1, 0.15) is 23.2 Å². The van der Waals surface area contributed by atoms with Gasteiger partial charge in [0.05, 0.1) is 5.56 Å². The van der Waals surface area contributed by atoms with Crippen LogP contribution in [0.4, 0.5) is 8.78 Å². The summed E-state index contributed by atoms with van der Waals surface area (Å²) < 4.78 is 27.1. The second-order valence-electron chi connectivity index (χ2n) is 4.72. The van der Waals surface area contributed by atoms with E-state index in [4.69, 9.17) is 5.73 Å². The first-order valence-corrected chi connectivity index (χ1v) is 7.24. The summed E-state index contributed by atoms with van der Waals surface area (Å²) in [5, 5.41) is 0. The standard InChI is InChI=1S/C13H15F2IN2O/c14-10-6-11(15)12(16)5-9(10)13(19)18-3-1-8(7-17)2-4-18/h5-6,8H,1-4,7,17H2. The quantitative estimate of drug-likeness (QED) is 0.633. The van der Waals surface area contributed by atoms with Gasteiger partial charge in [0, 0.05) is 22.7 Å². The van der Waals surface area contributed by atoms with Gasteiger partial charge in [0.1, 0.15) is 11.6 Å². The summed E-state index contributed by atoms with van der Waals surface area (Å²) in [6.45, 7) is 1.77. The van der Waals surface area contributed by atoms with E-state index in [9.17, 15) is 13.6 Å². The van der Waals surface area contributed by atoms with E-state index < -0.39 is 11.6 Å². The van der Waals surface area contributed by atoms with Crippen molar-refractivity contribution in [2.24, 2.45) is 11.7 Å². The number of nitrogens with two attached hydrogens (primary N) is 1. The Morgan fingerprint density at radius 1 is 1.32 bits per heavy atom. The summed E-state index contributed by atoms with van der Waals surface area (Å²) in [7, 11) is 0. The summed E-state index contributed by atoms with van der Waals surface area (Å²) in [6.07, 6.45) is 1.67. The molecule has 2 rings (SSSR count). The Bertz CT molecular complexity index is 488. The molecule has 6 heteroatoms. The third-order valence-corrected chi connectivity index (χ3v) is 4.30. The highest BCUT2D eigenvalue weighted by molar-refractivity contribution is 14.1. The van der Waals surface area contributed by atoms with E-state index in [-0.39, 0.29) is 15.0 Å². The number of hydrogen-bond donors (Lipinski definition) is 1. The highest BCUT2D eigenvalue weighted by Gasteiger charge is 2.25. The molecule has 1 fully saturated rings. The molecule has 2 N–H and O–H groups in total. The molecule has 19 heavy (non-hydrogen) atoms. The first-order valence-electron chi connectivity index (χ1n) is 6.16. The van der Waals surface area contributed by atoms with Crippen LogP contribution in [-0.4, -0.2) is 30.4 Å². The molecule has 104 valence electrons. The first-order chi connectivity index (χ1) is 9.02. The van der Waals surface area contributed by atoms with Crippen molar-refractivity contribution < 1.29 is 13.6 Å². The number of halogens is 3. The topological polar surface area (TPSA) is 46.3 Å². The Morgan fingerprint density at radius 2 is 1.95 bits per heavy atom. The monoisotopic (exact) mass is 380 g/mol. The number of carbonyl (C=O) groups is 1. The molecular weight excluding hydrogens is 365 g/mol. The normalized spacial score (nSPS) is 16.7. The smallest absolute Gasteiger partial charge is 0.256 e. The van der Waals surface area contributed by atoms with E-state index >= 15 is 0 Å². The third-order valence-electron chi connectivity index (χ3n) is 3.48. The summed E-state index contributed by atoms with van der Waals surface area (Å²) >= 11 is 1.75. The minimum Gasteiger partial charge on any atom is -0.339 e. The maximum atomic E-state index is 13.7. The molecule has 1 aromatic rings. The van der Waals surface area contributed by atoms with E-state index in [1.165, 1.54) is 6.07 Å². The number of likely N-dealkylation sites (tertiary alicyclic amines) is 1. The van der Waals surface area contributed by atoms with Crippen LogP contribution < -0.4 is 5.73 Å². The van der Waals surface area contributed by atoms with Crippen molar-refractivity contribution in [3.63, 3.8) is 0 Å². The number of nitrogens with zero attached hydrogens (tertiary/aromatic N) is 1. The number of benzene rings is 1. The average molecular weight is 380 g/mol.